The van der Waals surface area contributed by atoms with Crippen LogP contribution in [0.15, 0.2) is 18.2 Å². The molecule has 24 heavy (non-hydrogen) atoms. The van der Waals surface area contributed by atoms with E-state index < -0.39 is 0 Å². The number of hydrogen-bond donors (Lipinski definition) is 2. The highest BCUT2D eigenvalue weighted by Crippen LogP contribution is 2.42. The molecule has 0 saturated carbocycles. The third kappa shape index (κ3) is 2.41. The van der Waals surface area contributed by atoms with E-state index in [2.05, 4.69) is 10.6 Å². The SMILES string of the molecule is COc1ccc(OC)c([C@H]2NC(=O)c3c(sc4c3CCCC4)N2)c1. The van der Waals surface area contributed by atoms with Crippen molar-refractivity contribution in [3.63, 3.8) is 0 Å². The fraction of sp³-hybridized carbons (Fsp3) is 0.389. The van der Waals surface area contributed by atoms with Crippen LogP contribution in [-0.2, 0) is 12.8 Å². The van der Waals surface area contributed by atoms with Crippen molar-refractivity contribution in [1.29, 1.82) is 0 Å². The van der Waals surface area contributed by atoms with Gasteiger partial charge in [0.25, 0.3) is 5.91 Å². The number of rotatable bonds is 3. The van der Waals surface area contributed by atoms with Crippen molar-refractivity contribution in [2.45, 2.75) is 31.8 Å². The summed E-state index contributed by atoms with van der Waals surface area (Å²) < 4.78 is 10.8. The molecule has 1 aliphatic carbocycles. The summed E-state index contributed by atoms with van der Waals surface area (Å²) in [7, 11) is 3.26. The first-order valence-electron chi connectivity index (χ1n) is 8.15. The van der Waals surface area contributed by atoms with Crippen LogP contribution in [-0.4, -0.2) is 20.1 Å². The topological polar surface area (TPSA) is 59.6 Å². The number of benzene rings is 1. The molecule has 1 atom stereocenters. The van der Waals surface area contributed by atoms with Crippen molar-refractivity contribution < 1.29 is 14.3 Å². The molecule has 2 heterocycles. The number of aryl methyl sites for hydroxylation is 1. The molecule has 2 aliphatic rings. The molecule has 1 aromatic carbocycles. The molecule has 2 aromatic rings. The van der Waals surface area contributed by atoms with Gasteiger partial charge in [0.15, 0.2) is 0 Å². The minimum atomic E-state index is -0.324. The van der Waals surface area contributed by atoms with Gasteiger partial charge in [-0.3, -0.25) is 4.79 Å². The highest BCUT2D eigenvalue weighted by atomic mass is 32.1. The number of thiophene rings is 1. The van der Waals surface area contributed by atoms with Gasteiger partial charge < -0.3 is 20.1 Å². The lowest BCUT2D eigenvalue weighted by molar-refractivity contribution is 0.0935. The van der Waals surface area contributed by atoms with Crippen LogP contribution in [0.5, 0.6) is 11.5 Å². The van der Waals surface area contributed by atoms with Crippen molar-refractivity contribution in [1.82, 2.24) is 5.32 Å². The Morgan fingerprint density at radius 1 is 1.12 bits per heavy atom. The molecular formula is C18H20N2O3S. The number of carbonyl (C=O) groups excluding carboxylic acids is 1. The van der Waals surface area contributed by atoms with Crippen LogP contribution in [0, 0.1) is 0 Å². The Kier molecular flexibility index (Phi) is 3.84. The van der Waals surface area contributed by atoms with Crippen LogP contribution in [0.1, 0.15) is 45.4 Å². The molecule has 4 rings (SSSR count). The Balaban J connectivity index is 1.73. The monoisotopic (exact) mass is 344 g/mol. The van der Waals surface area contributed by atoms with Gasteiger partial charge in [-0.05, 0) is 49.4 Å². The number of amides is 1. The lowest BCUT2D eigenvalue weighted by Gasteiger charge is -2.28. The third-order valence-corrected chi connectivity index (χ3v) is 5.92. The maximum absolute atomic E-state index is 12.7. The second-order valence-corrected chi connectivity index (χ2v) is 7.18. The predicted octanol–water partition coefficient (Wildman–Crippen LogP) is 3.50. The van der Waals surface area contributed by atoms with Gasteiger partial charge in [0, 0.05) is 10.4 Å². The first-order valence-corrected chi connectivity index (χ1v) is 8.96. The quantitative estimate of drug-likeness (QED) is 0.895. The fourth-order valence-corrected chi connectivity index (χ4v) is 4.81. The van der Waals surface area contributed by atoms with Gasteiger partial charge >= 0.3 is 0 Å². The minimum Gasteiger partial charge on any atom is -0.497 e. The summed E-state index contributed by atoms with van der Waals surface area (Å²) in [5, 5.41) is 7.52. The van der Waals surface area contributed by atoms with Crippen molar-refractivity contribution in [2.75, 3.05) is 19.5 Å². The van der Waals surface area contributed by atoms with E-state index in [4.69, 9.17) is 9.47 Å². The molecule has 1 amide bonds. The molecule has 0 saturated heterocycles. The maximum Gasteiger partial charge on any atom is 0.256 e. The minimum absolute atomic E-state index is 0.00183. The van der Waals surface area contributed by atoms with Crippen molar-refractivity contribution in [3.8, 4) is 11.5 Å². The highest BCUT2D eigenvalue weighted by molar-refractivity contribution is 7.16. The summed E-state index contributed by atoms with van der Waals surface area (Å²) in [6.45, 7) is 0. The van der Waals surface area contributed by atoms with Gasteiger partial charge in [0.2, 0.25) is 0 Å². The molecule has 2 N–H and O–H groups in total. The lowest BCUT2D eigenvalue weighted by Crippen LogP contribution is -2.38. The number of anilines is 1. The van der Waals surface area contributed by atoms with Crippen molar-refractivity contribution in [3.05, 3.63) is 39.8 Å². The molecule has 0 fully saturated rings. The Labute approximate surface area is 145 Å². The number of hydrogen-bond acceptors (Lipinski definition) is 5. The number of nitrogens with one attached hydrogen (secondary N) is 2. The van der Waals surface area contributed by atoms with Crippen LogP contribution in [0.2, 0.25) is 0 Å². The molecule has 5 nitrogen and oxygen atoms in total. The van der Waals surface area contributed by atoms with Crippen molar-refractivity contribution >= 4 is 22.2 Å². The Morgan fingerprint density at radius 3 is 2.75 bits per heavy atom. The summed E-state index contributed by atoms with van der Waals surface area (Å²) >= 11 is 1.72. The van der Waals surface area contributed by atoms with Crippen LogP contribution in [0.4, 0.5) is 5.00 Å². The van der Waals surface area contributed by atoms with Gasteiger partial charge in [-0.1, -0.05) is 0 Å². The summed E-state index contributed by atoms with van der Waals surface area (Å²) in [5.74, 6) is 1.45. The highest BCUT2D eigenvalue weighted by Gasteiger charge is 2.33. The van der Waals surface area contributed by atoms with Crippen LogP contribution >= 0.6 is 11.3 Å². The average Bonchev–Trinajstić information content (AvgIpc) is 3.00. The Hall–Kier alpha value is -2.21. The van der Waals surface area contributed by atoms with E-state index >= 15 is 0 Å². The standard InChI is InChI=1S/C18H20N2O3S/c1-22-10-7-8-13(23-2)12(9-10)16-19-17(21)15-11-5-3-4-6-14(11)24-18(15)20-16/h7-9,16,20H,3-6H2,1-2H3,(H,19,21)/t16-/m0/s1. The molecule has 0 bridgehead atoms. The van der Waals surface area contributed by atoms with E-state index in [-0.39, 0.29) is 12.1 Å². The van der Waals surface area contributed by atoms with Crippen LogP contribution in [0.3, 0.4) is 0 Å². The van der Waals surface area contributed by atoms with Gasteiger partial charge in [0.05, 0.1) is 19.8 Å². The molecule has 126 valence electrons. The van der Waals surface area contributed by atoms with E-state index in [9.17, 15) is 4.79 Å². The summed E-state index contributed by atoms with van der Waals surface area (Å²) in [6, 6.07) is 5.61. The molecule has 0 unspecified atom stereocenters. The summed E-state index contributed by atoms with van der Waals surface area (Å²) in [6.07, 6.45) is 4.13. The fourth-order valence-electron chi connectivity index (χ4n) is 3.50. The van der Waals surface area contributed by atoms with E-state index in [0.29, 0.717) is 0 Å². The normalized spacial score (nSPS) is 18.9. The molecule has 1 aliphatic heterocycles. The van der Waals surface area contributed by atoms with E-state index in [1.165, 1.54) is 16.9 Å². The number of methoxy groups -OCH3 is 2. The smallest absolute Gasteiger partial charge is 0.256 e. The first-order chi connectivity index (χ1) is 11.7. The van der Waals surface area contributed by atoms with E-state index in [1.807, 2.05) is 18.2 Å². The molecule has 0 radical (unpaired) electrons. The van der Waals surface area contributed by atoms with Gasteiger partial charge in [-0.2, -0.15) is 0 Å². The third-order valence-electron chi connectivity index (χ3n) is 4.70. The number of ether oxygens (including phenoxy) is 2. The van der Waals surface area contributed by atoms with Gasteiger partial charge in [-0.25, -0.2) is 0 Å². The Bertz CT molecular complexity index is 800. The summed E-state index contributed by atoms with van der Waals surface area (Å²) in [5.41, 5.74) is 2.94. The molecule has 6 heteroatoms. The van der Waals surface area contributed by atoms with E-state index in [0.717, 1.165) is 46.9 Å². The predicted molar refractivity (Wildman–Crippen MR) is 94.3 cm³/mol. The average molecular weight is 344 g/mol. The van der Waals surface area contributed by atoms with Gasteiger partial charge in [0.1, 0.15) is 22.7 Å². The zero-order chi connectivity index (χ0) is 16.7. The van der Waals surface area contributed by atoms with Crippen molar-refractivity contribution in [2.24, 2.45) is 0 Å². The van der Waals surface area contributed by atoms with Crippen LogP contribution in [0.25, 0.3) is 0 Å². The molecular weight excluding hydrogens is 324 g/mol. The maximum atomic E-state index is 12.7. The number of fused-ring (bicyclic) bond motifs is 3. The zero-order valence-electron chi connectivity index (χ0n) is 13.8. The second kappa shape index (κ2) is 6.02. The van der Waals surface area contributed by atoms with E-state index in [1.54, 1.807) is 25.6 Å². The van der Waals surface area contributed by atoms with Crippen LogP contribution < -0.4 is 20.1 Å². The van der Waals surface area contributed by atoms with Gasteiger partial charge in [-0.15, -0.1) is 11.3 Å². The first kappa shape index (κ1) is 15.3. The summed E-state index contributed by atoms with van der Waals surface area (Å²) in [4.78, 5) is 14.1. The molecule has 1 aromatic heterocycles. The molecule has 0 spiro atoms. The largest absolute Gasteiger partial charge is 0.497 e. The zero-order valence-corrected chi connectivity index (χ0v) is 14.6. The number of carbonyl (C=O) groups is 1. The Morgan fingerprint density at radius 2 is 1.96 bits per heavy atom. The second-order valence-electron chi connectivity index (χ2n) is 6.07. The lowest BCUT2D eigenvalue weighted by atomic mass is 9.94.